The molecule has 2 heterocycles. The van der Waals surface area contributed by atoms with Crippen LogP contribution in [0.1, 0.15) is 17.8 Å². The average Bonchev–Trinajstić information content (AvgIpc) is 2.99. The Hall–Kier alpha value is -2.04. The molecule has 102 valence electrons. The minimum atomic E-state index is 0.0904. The number of aryl methyl sites for hydroxylation is 2. The van der Waals surface area contributed by atoms with Crippen molar-refractivity contribution in [2.45, 2.75) is 33.4 Å². The Bertz CT molecular complexity index is 508. The number of carbonyl (C=O) groups excluding carboxylic acids is 1. The number of amides is 1. The molecular weight excluding hydrogens is 240 g/mol. The number of hydrogen-bond acceptors (Lipinski definition) is 2. The number of nitrogens with one attached hydrogen (secondary N) is 1. The van der Waals surface area contributed by atoms with Crippen LogP contribution in [-0.4, -0.2) is 26.6 Å². The highest BCUT2D eigenvalue weighted by molar-refractivity contribution is 5.75. The zero-order valence-corrected chi connectivity index (χ0v) is 11.5. The first-order chi connectivity index (χ1) is 9.16. The molecule has 0 saturated carbocycles. The maximum Gasteiger partial charge on any atom is 0.221 e. The van der Waals surface area contributed by atoms with Gasteiger partial charge in [0, 0.05) is 49.8 Å². The lowest BCUT2D eigenvalue weighted by Gasteiger charge is -2.10. The summed E-state index contributed by atoms with van der Waals surface area (Å²) in [5, 5.41) is 2.92. The van der Waals surface area contributed by atoms with Crippen molar-refractivity contribution in [2.24, 2.45) is 0 Å². The Morgan fingerprint density at radius 1 is 1.26 bits per heavy atom. The fraction of sp³-hybridized carbons (Fsp3) is 0.429. The zero-order chi connectivity index (χ0) is 13.7. The van der Waals surface area contributed by atoms with Gasteiger partial charge in [0.05, 0.1) is 6.33 Å². The van der Waals surface area contributed by atoms with E-state index in [0.717, 1.165) is 13.1 Å². The van der Waals surface area contributed by atoms with E-state index in [9.17, 15) is 4.79 Å². The van der Waals surface area contributed by atoms with Crippen LogP contribution < -0.4 is 5.32 Å². The lowest BCUT2D eigenvalue weighted by Crippen LogP contribution is -2.27. The van der Waals surface area contributed by atoms with Crippen molar-refractivity contribution in [3.05, 3.63) is 42.2 Å². The van der Waals surface area contributed by atoms with Gasteiger partial charge in [0.25, 0.3) is 0 Å². The quantitative estimate of drug-likeness (QED) is 0.856. The fourth-order valence-corrected chi connectivity index (χ4v) is 2.10. The van der Waals surface area contributed by atoms with Gasteiger partial charge in [-0.1, -0.05) is 0 Å². The predicted octanol–water partition coefficient (Wildman–Crippen LogP) is 1.51. The Morgan fingerprint density at radius 2 is 2.00 bits per heavy atom. The monoisotopic (exact) mass is 260 g/mol. The molecule has 2 aromatic rings. The molecule has 0 spiro atoms. The highest BCUT2D eigenvalue weighted by Gasteiger charge is 2.04. The van der Waals surface area contributed by atoms with Crippen LogP contribution in [0.5, 0.6) is 0 Å². The number of imidazole rings is 1. The smallest absolute Gasteiger partial charge is 0.221 e. The van der Waals surface area contributed by atoms with Crippen LogP contribution in [0.4, 0.5) is 0 Å². The fourth-order valence-electron chi connectivity index (χ4n) is 2.10. The molecule has 0 unspecified atom stereocenters. The third-order valence-corrected chi connectivity index (χ3v) is 3.23. The van der Waals surface area contributed by atoms with Gasteiger partial charge in [0.2, 0.25) is 5.91 Å². The van der Waals surface area contributed by atoms with E-state index in [1.165, 1.54) is 11.4 Å². The van der Waals surface area contributed by atoms with Crippen LogP contribution in [0.25, 0.3) is 0 Å². The van der Waals surface area contributed by atoms with E-state index in [1.807, 2.05) is 10.8 Å². The van der Waals surface area contributed by atoms with Crippen LogP contribution in [0, 0.1) is 13.8 Å². The molecule has 5 heteroatoms. The molecule has 2 aromatic heterocycles. The van der Waals surface area contributed by atoms with E-state index >= 15 is 0 Å². The van der Waals surface area contributed by atoms with Crippen LogP contribution in [0.15, 0.2) is 30.9 Å². The van der Waals surface area contributed by atoms with Crippen molar-refractivity contribution >= 4 is 5.91 Å². The van der Waals surface area contributed by atoms with Gasteiger partial charge in [0.1, 0.15) is 0 Å². The number of hydrogen-bond donors (Lipinski definition) is 1. The first-order valence-corrected chi connectivity index (χ1v) is 6.52. The predicted molar refractivity (Wildman–Crippen MR) is 73.8 cm³/mol. The van der Waals surface area contributed by atoms with Crippen molar-refractivity contribution in [1.82, 2.24) is 19.4 Å². The molecule has 0 aliphatic rings. The van der Waals surface area contributed by atoms with Crippen LogP contribution >= 0.6 is 0 Å². The molecule has 19 heavy (non-hydrogen) atoms. The van der Waals surface area contributed by atoms with Crippen molar-refractivity contribution in [3.63, 3.8) is 0 Å². The van der Waals surface area contributed by atoms with Gasteiger partial charge in [0.15, 0.2) is 0 Å². The molecule has 0 saturated heterocycles. The minimum Gasteiger partial charge on any atom is -0.354 e. The number of aromatic nitrogens is 3. The lowest BCUT2D eigenvalue weighted by molar-refractivity contribution is -0.121. The molecule has 0 bridgehead atoms. The second-order valence-corrected chi connectivity index (χ2v) is 4.67. The zero-order valence-electron chi connectivity index (χ0n) is 11.5. The van der Waals surface area contributed by atoms with E-state index in [1.54, 1.807) is 12.5 Å². The number of nitrogens with zero attached hydrogens (tertiary/aromatic N) is 3. The van der Waals surface area contributed by atoms with Crippen molar-refractivity contribution < 1.29 is 4.79 Å². The molecule has 0 atom stereocenters. The Labute approximate surface area is 113 Å². The van der Waals surface area contributed by atoms with Gasteiger partial charge in [-0.25, -0.2) is 4.98 Å². The van der Waals surface area contributed by atoms with E-state index < -0.39 is 0 Å². The molecule has 1 amide bonds. The first-order valence-electron chi connectivity index (χ1n) is 6.52. The van der Waals surface area contributed by atoms with E-state index in [4.69, 9.17) is 0 Å². The topological polar surface area (TPSA) is 51.9 Å². The van der Waals surface area contributed by atoms with Gasteiger partial charge < -0.3 is 14.5 Å². The molecule has 0 aliphatic carbocycles. The van der Waals surface area contributed by atoms with E-state index in [2.05, 4.69) is 40.8 Å². The summed E-state index contributed by atoms with van der Waals surface area (Å²) in [5.41, 5.74) is 2.40. The Morgan fingerprint density at radius 3 is 2.63 bits per heavy atom. The van der Waals surface area contributed by atoms with Gasteiger partial charge >= 0.3 is 0 Å². The maximum atomic E-state index is 11.7. The molecule has 0 aromatic carbocycles. The Balaban J connectivity index is 1.70. The number of carbonyl (C=O) groups is 1. The van der Waals surface area contributed by atoms with Gasteiger partial charge in [-0.05, 0) is 26.0 Å². The largest absolute Gasteiger partial charge is 0.354 e. The number of rotatable bonds is 6. The first kappa shape index (κ1) is 13.4. The van der Waals surface area contributed by atoms with Gasteiger partial charge in [-0.3, -0.25) is 4.79 Å². The summed E-state index contributed by atoms with van der Waals surface area (Å²) in [4.78, 5) is 15.7. The third-order valence-electron chi connectivity index (χ3n) is 3.23. The summed E-state index contributed by atoms with van der Waals surface area (Å²) in [6.45, 7) is 6.25. The summed E-state index contributed by atoms with van der Waals surface area (Å²) < 4.78 is 4.11. The normalized spacial score (nSPS) is 10.6. The van der Waals surface area contributed by atoms with Crippen LogP contribution in [-0.2, 0) is 17.9 Å². The van der Waals surface area contributed by atoms with E-state index in [-0.39, 0.29) is 5.91 Å². The average molecular weight is 260 g/mol. The van der Waals surface area contributed by atoms with Gasteiger partial charge in [-0.15, -0.1) is 0 Å². The molecule has 5 nitrogen and oxygen atoms in total. The lowest BCUT2D eigenvalue weighted by atomic mass is 10.3. The van der Waals surface area contributed by atoms with Gasteiger partial charge in [-0.2, -0.15) is 0 Å². The van der Waals surface area contributed by atoms with Crippen LogP contribution in [0.3, 0.4) is 0 Å². The van der Waals surface area contributed by atoms with Crippen molar-refractivity contribution in [3.8, 4) is 0 Å². The summed E-state index contributed by atoms with van der Waals surface area (Å²) in [6.07, 6.45) is 5.89. The van der Waals surface area contributed by atoms with E-state index in [0.29, 0.717) is 13.0 Å². The summed E-state index contributed by atoms with van der Waals surface area (Å²) in [6, 6.07) is 4.15. The van der Waals surface area contributed by atoms with Crippen molar-refractivity contribution in [2.75, 3.05) is 6.54 Å². The molecule has 1 N–H and O–H groups in total. The second-order valence-electron chi connectivity index (χ2n) is 4.67. The minimum absolute atomic E-state index is 0.0904. The molecule has 0 fully saturated rings. The molecule has 0 radical (unpaired) electrons. The SMILES string of the molecule is Cc1ccc(C)n1CCC(=O)NCCn1ccnc1. The highest BCUT2D eigenvalue weighted by Crippen LogP contribution is 2.07. The Kier molecular flexibility index (Phi) is 4.39. The second kappa shape index (κ2) is 6.22. The van der Waals surface area contributed by atoms with Crippen LogP contribution in [0.2, 0.25) is 0 Å². The molecule has 2 rings (SSSR count). The standard InChI is InChI=1S/C14H20N4O/c1-12-3-4-13(2)18(12)8-5-14(19)16-7-10-17-9-6-15-11-17/h3-4,6,9,11H,5,7-8,10H2,1-2H3,(H,16,19). The molecular formula is C14H20N4O. The molecule has 0 aliphatic heterocycles. The summed E-state index contributed by atoms with van der Waals surface area (Å²) in [5.74, 6) is 0.0904. The van der Waals surface area contributed by atoms with Crippen molar-refractivity contribution in [1.29, 1.82) is 0 Å². The summed E-state index contributed by atoms with van der Waals surface area (Å²) in [7, 11) is 0. The third kappa shape index (κ3) is 3.71. The maximum absolute atomic E-state index is 11.7. The summed E-state index contributed by atoms with van der Waals surface area (Å²) >= 11 is 0. The highest BCUT2D eigenvalue weighted by atomic mass is 16.1.